The second kappa shape index (κ2) is 6.91. The van der Waals surface area contributed by atoms with Crippen LogP contribution in [0.25, 0.3) is 0 Å². The molecule has 2 N–H and O–H groups in total. The van der Waals surface area contributed by atoms with E-state index in [0.29, 0.717) is 44.1 Å². The van der Waals surface area contributed by atoms with E-state index >= 15 is 0 Å². The van der Waals surface area contributed by atoms with Gasteiger partial charge >= 0.3 is 6.03 Å². The zero-order chi connectivity index (χ0) is 14.4. The Morgan fingerprint density at radius 3 is 2.45 bits per heavy atom. The highest BCUT2D eigenvalue weighted by Gasteiger charge is 2.16. The van der Waals surface area contributed by atoms with Crippen molar-refractivity contribution < 1.29 is 14.3 Å². The molecular weight excluding hydrogens is 258 g/mol. The van der Waals surface area contributed by atoms with Gasteiger partial charge in [-0.15, -0.1) is 0 Å². The monoisotopic (exact) mass is 277 g/mol. The summed E-state index contributed by atoms with van der Waals surface area (Å²) in [5, 5.41) is 5.53. The quantitative estimate of drug-likeness (QED) is 0.875. The molecule has 0 aromatic heterocycles. The largest absolute Gasteiger partial charge is 0.378 e. The number of nitrogens with one attached hydrogen (secondary N) is 2. The lowest BCUT2D eigenvalue weighted by Gasteiger charge is -2.26. The van der Waals surface area contributed by atoms with E-state index in [4.69, 9.17) is 4.74 Å². The summed E-state index contributed by atoms with van der Waals surface area (Å²) in [7, 11) is 0. The van der Waals surface area contributed by atoms with Gasteiger partial charge in [0.1, 0.15) is 0 Å². The van der Waals surface area contributed by atoms with E-state index in [1.165, 1.54) is 0 Å². The molecule has 108 valence electrons. The van der Waals surface area contributed by atoms with Crippen LogP contribution < -0.4 is 10.6 Å². The molecule has 1 fully saturated rings. The van der Waals surface area contributed by atoms with Crippen molar-refractivity contribution in [3.05, 3.63) is 29.8 Å². The number of urea groups is 1. The molecule has 0 radical (unpaired) electrons. The lowest BCUT2D eigenvalue weighted by molar-refractivity contribution is 0.0564. The highest BCUT2D eigenvalue weighted by molar-refractivity contribution is 5.95. The number of benzene rings is 1. The van der Waals surface area contributed by atoms with Gasteiger partial charge in [-0.1, -0.05) is 0 Å². The lowest BCUT2D eigenvalue weighted by Crippen LogP contribution is -2.43. The van der Waals surface area contributed by atoms with E-state index in [-0.39, 0.29) is 11.9 Å². The van der Waals surface area contributed by atoms with Gasteiger partial charge < -0.3 is 20.3 Å². The van der Waals surface area contributed by atoms with Crippen LogP contribution in [0.5, 0.6) is 0 Å². The standard InChI is InChI=1S/C14H19N3O3/c1-2-15-13(18)11-3-5-12(6-4-11)16-14(19)17-7-9-20-10-8-17/h3-6H,2,7-10H2,1H3,(H,15,18)(H,16,19). The van der Waals surface area contributed by atoms with Gasteiger partial charge in [-0.05, 0) is 31.2 Å². The maximum Gasteiger partial charge on any atom is 0.321 e. The molecule has 0 unspecified atom stereocenters. The molecule has 6 nitrogen and oxygen atoms in total. The second-order valence-corrected chi connectivity index (χ2v) is 4.47. The summed E-state index contributed by atoms with van der Waals surface area (Å²) in [6.45, 7) is 4.81. The maximum absolute atomic E-state index is 12.0. The number of hydrogen-bond donors (Lipinski definition) is 2. The summed E-state index contributed by atoms with van der Waals surface area (Å²) in [5.41, 5.74) is 1.26. The van der Waals surface area contributed by atoms with Crippen LogP contribution in [-0.4, -0.2) is 49.7 Å². The number of morpholine rings is 1. The molecule has 0 atom stereocenters. The Morgan fingerprint density at radius 2 is 1.85 bits per heavy atom. The Balaban J connectivity index is 1.92. The molecule has 1 heterocycles. The number of amides is 3. The first-order valence-electron chi connectivity index (χ1n) is 6.72. The van der Waals surface area contributed by atoms with E-state index in [2.05, 4.69) is 10.6 Å². The van der Waals surface area contributed by atoms with Crippen LogP contribution >= 0.6 is 0 Å². The van der Waals surface area contributed by atoms with Crippen LogP contribution in [0.3, 0.4) is 0 Å². The molecule has 0 saturated carbocycles. The first-order chi connectivity index (χ1) is 9.70. The van der Waals surface area contributed by atoms with Gasteiger partial charge in [0.25, 0.3) is 5.91 Å². The van der Waals surface area contributed by atoms with E-state index in [1.54, 1.807) is 29.2 Å². The van der Waals surface area contributed by atoms with Crippen LogP contribution in [0.4, 0.5) is 10.5 Å². The SMILES string of the molecule is CCNC(=O)c1ccc(NC(=O)N2CCOCC2)cc1. The second-order valence-electron chi connectivity index (χ2n) is 4.47. The van der Waals surface area contributed by atoms with Crippen molar-refractivity contribution >= 4 is 17.6 Å². The molecule has 3 amide bonds. The van der Waals surface area contributed by atoms with Crippen molar-refractivity contribution in [3.8, 4) is 0 Å². The average molecular weight is 277 g/mol. The maximum atomic E-state index is 12.0. The smallest absolute Gasteiger partial charge is 0.321 e. The van der Waals surface area contributed by atoms with Gasteiger partial charge in [0, 0.05) is 30.9 Å². The average Bonchev–Trinajstić information content (AvgIpc) is 2.49. The van der Waals surface area contributed by atoms with Gasteiger partial charge in [-0.25, -0.2) is 4.79 Å². The Hall–Kier alpha value is -2.08. The summed E-state index contributed by atoms with van der Waals surface area (Å²) < 4.78 is 5.20. The molecule has 6 heteroatoms. The Kier molecular flexibility index (Phi) is 4.95. The molecule has 0 aliphatic carbocycles. The van der Waals surface area contributed by atoms with Gasteiger partial charge in [-0.3, -0.25) is 4.79 Å². The van der Waals surface area contributed by atoms with Crippen molar-refractivity contribution in [2.75, 3.05) is 38.2 Å². The van der Waals surface area contributed by atoms with E-state index in [0.717, 1.165) is 0 Å². The van der Waals surface area contributed by atoms with Gasteiger partial charge in [0.2, 0.25) is 0 Å². The van der Waals surface area contributed by atoms with Crippen molar-refractivity contribution in [1.82, 2.24) is 10.2 Å². The first-order valence-corrected chi connectivity index (χ1v) is 6.72. The lowest BCUT2D eigenvalue weighted by atomic mass is 10.2. The minimum Gasteiger partial charge on any atom is -0.378 e. The fourth-order valence-electron chi connectivity index (χ4n) is 1.94. The minimum atomic E-state index is -0.140. The summed E-state index contributed by atoms with van der Waals surface area (Å²) in [6.07, 6.45) is 0. The molecule has 1 aliphatic heterocycles. The Labute approximate surface area is 118 Å². The number of hydrogen-bond acceptors (Lipinski definition) is 3. The number of carbonyl (C=O) groups excluding carboxylic acids is 2. The molecule has 1 saturated heterocycles. The normalized spacial score (nSPS) is 14.8. The zero-order valence-electron chi connectivity index (χ0n) is 11.5. The number of ether oxygens (including phenoxy) is 1. The fourth-order valence-corrected chi connectivity index (χ4v) is 1.94. The fraction of sp³-hybridized carbons (Fsp3) is 0.429. The van der Waals surface area contributed by atoms with Crippen molar-refractivity contribution in [1.29, 1.82) is 0 Å². The number of carbonyl (C=O) groups is 2. The van der Waals surface area contributed by atoms with E-state index < -0.39 is 0 Å². The Bertz CT molecular complexity index is 467. The van der Waals surface area contributed by atoms with Gasteiger partial charge in [-0.2, -0.15) is 0 Å². The van der Waals surface area contributed by atoms with Gasteiger partial charge in [0.15, 0.2) is 0 Å². The molecular formula is C14H19N3O3. The third-order valence-corrected chi connectivity index (χ3v) is 3.03. The van der Waals surface area contributed by atoms with Crippen LogP contribution in [0, 0.1) is 0 Å². The van der Waals surface area contributed by atoms with Crippen molar-refractivity contribution in [2.24, 2.45) is 0 Å². The number of rotatable bonds is 3. The van der Waals surface area contributed by atoms with Crippen molar-refractivity contribution in [2.45, 2.75) is 6.92 Å². The molecule has 1 aliphatic rings. The van der Waals surface area contributed by atoms with Crippen LogP contribution in [0.2, 0.25) is 0 Å². The molecule has 2 rings (SSSR count). The van der Waals surface area contributed by atoms with E-state index in [9.17, 15) is 9.59 Å². The minimum absolute atomic E-state index is 0.112. The van der Waals surface area contributed by atoms with Crippen molar-refractivity contribution in [3.63, 3.8) is 0 Å². The summed E-state index contributed by atoms with van der Waals surface area (Å²) in [4.78, 5) is 25.3. The van der Waals surface area contributed by atoms with Crippen LogP contribution in [-0.2, 0) is 4.74 Å². The van der Waals surface area contributed by atoms with Crippen LogP contribution in [0.15, 0.2) is 24.3 Å². The van der Waals surface area contributed by atoms with E-state index in [1.807, 2.05) is 6.92 Å². The first kappa shape index (κ1) is 14.3. The zero-order valence-corrected chi connectivity index (χ0v) is 11.5. The summed E-state index contributed by atoms with van der Waals surface area (Å²) in [5.74, 6) is -0.112. The van der Waals surface area contributed by atoms with Gasteiger partial charge in [0.05, 0.1) is 13.2 Å². The molecule has 0 spiro atoms. The third kappa shape index (κ3) is 3.71. The molecule has 0 bridgehead atoms. The number of nitrogens with zero attached hydrogens (tertiary/aromatic N) is 1. The predicted octanol–water partition coefficient (Wildman–Crippen LogP) is 1.30. The third-order valence-electron chi connectivity index (χ3n) is 3.03. The molecule has 1 aromatic rings. The topological polar surface area (TPSA) is 70.7 Å². The molecule has 20 heavy (non-hydrogen) atoms. The number of anilines is 1. The molecule has 1 aromatic carbocycles. The summed E-state index contributed by atoms with van der Waals surface area (Å²) >= 11 is 0. The van der Waals surface area contributed by atoms with Crippen LogP contribution in [0.1, 0.15) is 17.3 Å². The predicted molar refractivity (Wildman–Crippen MR) is 75.9 cm³/mol. The summed E-state index contributed by atoms with van der Waals surface area (Å²) in [6, 6.07) is 6.70. The highest BCUT2D eigenvalue weighted by atomic mass is 16.5. The Morgan fingerprint density at radius 1 is 1.20 bits per heavy atom. The highest BCUT2D eigenvalue weighted by Crippen LogP contribution is 2.11.